The molecule has 2 amide bonds. The van der Waals surface area contributed by atoms with Crippen molar-refractivity contribution >= 4 is 46.6 Å². The Hall–Kier alpha value is -2.18. The molecule has 0 unspecified atom stereocenters. The lowest BCUT2D eigenvalue weighted by molar-refractivity contribution is -0.119. The number of rotatable bonds is 7. The highest BCUT2D eigenvalue weighted by atomic mass is 35.5. The average molecular weight is 392 g/mol. The van der Waals surface area contributed by atoms with Crippen LogP contribution in [0.3, 0.4) is 0 Å². The van der Waals surface area contributed by atoms with E-state index in [1.165, 1.54) is 11.8 Å². The summed E-state index contributed by atoms with van der Waals surface area (Å²) in [7, 11) is 0. The maximum Gasteiger partial charge on any atom is 0.251 e. The molecule has 3 N–H and O–H groups in total. The molecule has 2 aromatic rings. The molecule has 0 aromatic heterocycles. The molecule has 0 fully saturated rings. The second kappa shape index (κ2) is 9.50. The Morgan fingerprint density at radius 1 is 1.08 bits per heavy atom. The SMILES string of the molecule is Cc1ccc(NC(=O)CS[C@H](C)C(=O)NNc2ccc(C)c(Cl)c2)cc1. The van der Waals surface area contributed by atoms with Crippen molar-refractivity contribution in [2.45, 2.75) is 26.0 Å². The monoisotopic (exact) mass is 391 g/mol. The largest absolute Gasteiger partial charge is 0.325 e. The van der Waals surface area contributed by atoms with Crippen LogP contribution in [0.4, 0.5) is 11.4 Å². The summed E-state index contributed by atoms with van der Waals surface area (Å²) >= 11 is 7.32. The van der Waals surface area contributed by atoms with Gasteiger partial charge in [-0.05, 0) is 50.6 Å². The summed E-state index contributed by atoms with van der Waals surface area (Å²) in [4.78, 5) is 24.1. The first-order valence-corrected chi connectivity index (χ1v) is 9.58. The Morgan fingerprint density at radius 3 is 2.38 bits per heavy atom. The first-order chi connectivity index (χ1) is 12.3. The Kier molecular flexibility index (Phi) is 7.36. The Labute approximate surface area is 162 Å². The molecule has 0 aliphatic heterocycles. The lowest BCUT2D eigenvalue weighted by Gasteiger charge is -2.14. The average Bonchev–Trinajstić information content (AvgIpc) is 2.62. The number of carbonyl (C=O) groups is 2. The van der Waals surface area contributed by atoms with Gasteiger partial charge in [-0.25, -0.2) is 0 Å². The topological polar surface area (TPSA) is 70.2 Å². The number of carbonyl (C=O) groups excluding carboxylic acids is 2. The predicted molar refractivity (Wildman–Crippen MR) is 110 cm³/mol. The first-order valence-electron chi connectivity index (χ1n) is 8.15. The quantitative estimate of drug-likeness (QED) is 0.620. The molecule has 0 heterocycles. The standard InChI is InChI=1S/C19H22ClN3O2S/c1-12-4-7-15(8-5-12)21-18(24)11-26-14(3)19(25)23-22-16-9-6-13(2)17(20)10-16/h4-10,14,22H,11H2,1-3H3,(H,21,24)(H,23,25)/t14-/m1/s1. The van der Waals surface area contributed by atoms with Crippen molar-refractivity contribution in [3.8, 4) is 0 Å². The molecule has 0 saturated carbocycles. The van der Waals surface area contributed by atoms with E-state index in [-0.39, 0.29) is 22.8 Å². The van der Waals surface area contributed by atoms with Gasteiger partial charge >= 0.3 is 0 Å². The fourth-order valence-electron chi connectivity index (χ4n) is 2.02. The van der Waals surface area contributed by atoms with E-state index in [0.717, 1.165) is 16.8 Å². The van der Waals surface area contributed by atoms with E-state index in [0.29, 0.717) is 10.7 Å². The predicted octanol–water partition coefficient (Wildman–Crippen LogP) is 4.16. The Morgan fingerprint density at radius 2 is 1.73 bits per heavy atom. The first kappa shape index (κ1) is 20.1. The van der Waals surface area contributed by atoms with E-state index in [2.05, 4.69) is 16.2 Å². The van der Waals surface area contributed by atoms with Crippen molar-refractivity contribution in [3.05, 3.63) is 58.6 Å². The Bertz CT molecular complexity index is 781. The van der Waals surface area contributed by atoms with Gasteiger partial charge in [0, 0.05) is 10.7 Å². The molecule has 2 rings (SSSR count). The van der Waals surface area contributed by atoms with E-state index in [1.54, 1.807) is 13.0 Å². The number of hydrogen-bond donors (Lipinski definition) is 3. The number of nitrogens with one attached hydrogen (secondary N) is 3. The van der Waals surface area contributed by atoms with E-state index in [1.807, 2.05) is 50.2 Å². The number of halogens is 1. The van der Waals surface area contributed by atoms with E-state index < -0.39 is 0 Å². The fourth-order valence-corrected chi connectivity index (χ4v) is 2.88. The molecule has 2 aromatic carbocycles. The van der Waals surface area contributed by atoms with E-state index >= 15 is 0 Å². The minimum Gasteiger partial charge on any atom is -0.325 e. The fraction of sp³-hybridized carbons (Fsp3) is 0.263. The molecule has 26 heavy (non-hydrogen) atoms. The summed E-state index contributed by atoms with van der Waals surface area (Å²) in [5.74, 6) is -0.162. The van der Waals surface area contributed by atoms with Crippen LogP contribution in [-0.4, -0.2) is 22.8 Å². The molecule has 7 heteroatoms. The lowest BCUT2D eigenvalue weighted by atomic mass is 10.2. The molecule has 0 radical (unpaired) electrons. The second-order valence-electron chi connectivity index (χ2n) is 5.95. The maximum absolute atomic E-state index is 12.1. The number of hydrazine groups is 1. The zero-order chi connectivity index (χ0) is 19.1. The molecular weight excluding hydrogens is 370 g/mol. The summed E-state index contributed by atoms with van der Waals surface area (Å²) in [6.07, 6.45) is 0. The minimum atomic E-state index is -0.382. The highest BCUT2D eigenvalue weighted by Crippen LogP contribution is 2.19. The van der Waals surface area contributed by atoms with Gasteiger partial charge < -0.3 is 5.32 Å². The van der Waals surface area contributed by atoms with Gasteiger partial charge in [0.05, 0.1) is 16.7 Å². The molecule has 0 aliphatic rings. The van der Waals surface area contributed by atoms with Crippen LogP contribution in [0.5, 0.6) is 0 Å². The third-order valence-corrected chi connectivity index (χ3v) is 5.22. The summed E-state index contributed by atoms with van der Waals surface area (Å²) in [5.41, 5.74) is 8.99. The summed E-state index contributed by atoms with van der Waals surface area (Å²) in [5, 5.41) is 3.05. The van der Waals surface area contributed by atoms with E-state index in [4.69, 9.17) is 11.6 Å². The van der Waals surface area contributed by atoms with Gasteiger partial charge in [-0.15, -0.1) is 11.8 Å². The van der Waals surface area contributed by atoms with Crippen molar-refractivity contribution in [2.24, 2.45) is 0 Å². The molecule has 0 bridgehead atoms. The van der Waals surface area contributed by atoms with Crippen molar-refractivity contribution in [3.63, 3.8) is 0 Å². The van der Waals surface area contributed by atoms with E-state index in [9.17, 15) is 9.59 Å². The third-order valence-electron chi connectivity index (χ3n) is 3.67. The van der Waals surface area contributed by atoms with Crippen LogP contribution < -0.4 is 16.2 Å². The van der Waals surface area contributed by atoms with Crippen molar-refractivity contribution in [1.82, 2.24) is 5.43 Å². The number of hydrogen-bond acceptors (Lipinski definition) is 4. The second-order valence-corrected chi connectivity index (χ2v) is 7.68. The molecule has 5 nitrogen and oxygen atoms in total. The van der Waals surface area contributed by atoms with Crippen LogP contribution >= 0.6 is 23.4 Å². The highest BCUT2D eigenvalue weighted by Gasteiger charge is 2.15. The number of anilines is 2. The lowest BCUT2D eigenvalue weighted by Crippen LogP contribution is -2.36. The van der Waals surface area contributed by atoms with Crippen LogP contribution in [0.15, 0.2) is 42.5 Å². The van der Waals surface area contributed by atoms with Gasteiger partial charge in [-0.1, -0.05) is 35.4 Å². The number of benzene rings is 2. The number of amides is 2. The molecule has 0 spiro atoms. The number of aryl methyl sites for hydroxylation is 2. The van der Waals surface area contributed by atoms with Crippen LogP contribution in [-0.2, 0) is 9.59 Å². The van der Waals surface area contributed by atoms with Crippen molar-refractivity contribution < 1.29 is 9.59 Å². The van der Waals surface area contributed by atoms with Crippen LogP contribution in [0.1, 0.15) is 18.1 Å². The smallest absolute Gasteiger partial charge is 0.251 e. The van der Waals surface area contributed by atoms with Crippen LogP contribution in [0, 0.1) is 13.8 Å². The third kappa shape index (κ3) is 6.28. The van der Waals surface area contributed by atoms with Gasteiger partial charge in [-0.3, -0.25) is 20.4 Å². The van der Waals surface area contributed by atoms with Gasteiger partial charge in [0.2, 0.25) is 5.91 Å². The van der Waals surface area contributed by atoms with Crippen molar-refractivity contribution in [1.29, 1.82) is 0 Å². The molecule has 1 atom stereocenters. The molecule has 138 valence electrons. The van der Waals surface area contributed by atoms with Gasteiger partial charge in [0.1, 0.15) is 0 Å². The van der Waals surface area contributed by atoms with Gasteiger partial charge in [0.15, 0.2) is 0 Å². The normalized spacial score (nSPS) is 11.5. The minimum absolute atomic E-state index is 0.142. The summed E-state index contributed by atoms with van der Waals surface area (Å²) in [6.45, 7) is 5.65. The van der Waals surface area contributed by atoms with Gasteiger partial charge in [0.25, 0.3) is 5.91 Å². The summed E-state index contributed by atoms with van der Waals surface area (Å²) in [6, 6.07) is 13.0. The van der Waals surface area contributed by atoms with Crippen LogP contribution in [0.25, 0.3) is 0 Å². The zero-order valence-electron chi connectivity index (χ0n) is 14.9. The Balaban J connectivity index is 1.74. The molecular formula is C19H22ClN3O2S. The van der Waals surface area contributed by atoms with Crippen LogP contribution in [0.2, 0.25) is 5.02 Å². The van der Waals surface area contributed by atoms with Crippen molar-refractivity contribution in [2.75, 3.05) is 16.5 Å². The number of thioether (sulfide) groups is 1. The zero-order valence-corrected chi connectivity index (χ0v) is 16.5. The molecule has 0 aliphatic carbocycles. The highest BCUT2D eigenvalue weighted by molar-refractivity contribution is 8.01. The summed E-state index contributed by atoms with van der Waals surface area (Å²) < 4.78 is 0. The molecule has 0 saturated heterocycles. The maximum atomic E-state index is 12.1. The van der Waals surface area contributed by atoms with Gasteiger partial charge in [-0.2, -0.15) is 0 Å².